The number of hydrogen-bond donors (Lipinski definition) is 1. The molecular weight excluding hydrogens is 206 g/mol. The van der Waals surface area contributed by atoms with Gasteiger partial charge < -0.3 is 15.2 Å². The zero-order valence-electron chi connectivity index (χ0n) is 9.45. The highest BCUT2D eigenvalue weighted by atomic mass is 16.5. The third-order valence-electron chi connectivity index (χ3n) is 2.92. The first-order valence-electron chi connectivity index (χ1n) is 5.20. The molecule has 0 aliphatic heterocycles. The average molecular weight is 221 g/mol. The zero-order valence-corrected chi connectivity index (χ0v) is 9.45. The molecule has 16 heavy (non-hydrogen) atoms. The Labute approximate surface area is 94.3 Å². The number of hydrogen-bond acceptors (Lipinski definition) is 4. The fourth-order valence-corrected chi connectivity index (χ4v) is 2.20. The minimum Gasteiger partial charge on any atom is -0.496 e. The smallest absolute Gasteiger partial charge is 0.341 e. The van der Waals surface area contributed by atoms with Crippen LogP contribution in [0.2, 0.25) is 0 Å². The highest BCUT2D eigenvalue weighted by Gasteiger charge is 2.25. The molecule has 1 aliphatic carbocycles. The van der Waals surface area contributed by atoms with E-state index in [0.717, 1.165) is 24.0 Å². The lowest BCUT2D eigenvalue weighted by Crippen LogP contribution is -2.19. The van der Waals surface area contributed by atoms with Crippen LogP contribution in [0.1, 0.15) is 21.5 Å². The molecular formula is C12H15NO3. The van der Waals surface area contributed by atoms with Crippen LogP contribution in [-0.4, -0.2) is 26.2 Å². The van der Waals surface area contributed by atoms with Crippen molar-refractivity contribution in [3.63, 3.8) is 0 Å². The summed E-state index contributed by atoms with van der Waals surface area (Å²) in [5.74, 6) is 0.234. The van der Waals surface area contributed by atoms with Crippen molar-refractivity contribution >= 4 is 5.97 Å². The summed E-state index contributed by atoms with van der Waals surface area (Å²) in [4.78, 5) is 11.5. The average Bonchev–Trinajstić information content (AvgIpc) is 2.66. The van der Waals surface area contributed by atoms with E-state index in [1.54, 1.807) is 13.2 Å². The van der Waals surface area contributed by atoms with E-state index in [1.807, 2.05) is 6.07 Å². The maximum absolute atomic E-state index is 11.5. The number of benzene rings is 1. The van der Waals surface area contributed by atoms with E-state index < -0.39 is 0 Å². The second-order valence-electron chi connectivity index (χ2n) is 3.94. The SMILES string of the molecule is COC(=O)c1ccc2c(c1OC)CC(N)C2. The van der Waals surface area contributed by atoms with Crippen molar-refractivity contribution in [3.05, 3.63) is 28.8 Å². The van der Waals surface area contributed by atoms with E-state index in [1.165, 1.54) is 7.11 Å². The lowest BCUT2D eigenvalue weighted by atomic mass is 10.0. The standard InChI is InChI=1S/C12H15NO3/c1-15-11-9(12(14)16-2)4-3-7-5-8(13)6-10(7)11/h3-4,8H,5-6,13H2,1-2H3. The first kappa shape index (κ1) is 11.0. The molecule has 1 atom stereocenters. The highest BCUT2D eigenvalue weighted by molar-refractivity contribution is 5.93. The lowest BCUT2D eigenvalue weighted by Gasteiger charge is -2.11. The molecule has 1 aliphatic rings. The molecule has 1 aromatic carbocycles. The van der Waals surface area contributed by atoms with Gasteiger partial charge in [-0.15, -0.1) is 0 Å². The van der Waals surface area contributed by atoms with Gasteiger partial charge in [-0.2, -0.15) is 0 Å². The van der Waals surface area contributed by atoms with Crippen molar-refractivity contribution in [1.29, 1.82) is 0 Å². The van der Waals surface area contributed by atoms with Gasteiger partial charge in [-0.3, -0.25) is 0 Å². The number of rotatable bonds is 2. The van der Waals surface area contributed by atoms with E-state index in [0.29, 0.717) is 11.3 Å². The van der Waals surface area contributed by atoms with Gasteiger partial charge in [0.1, 0.15) is 11.3 Å². The normalized spacial score (nSPS) is 18.1. The molecule has 0 radical (unpaired) electrons. The molecule has 1 aromatic rings. The Morgan fingerprint density at radius 3 is 2.75 bits per heavy atom. The summed E-state index contributed by atoms with van der Waals surface area (Å²) in [7, 11) is 2.92. The quantitative estimate of drug-likeness (QED) is 0.754. The first-order chi connectivity index (χ1) is 7.67. The first-order valence-corrected chi connectivity index (χ1v) is 5.20. The fourth-order valence-electron chi connectivity index (χ4n) is 2.20. The second-order valence-corrected chi connectivity index (χ2v) is 3.94. The van der Waals surface area contributed by atoms with Gasteiger partial charge in [0.05, 0.1) is 14.2 Å². The second kappa shape index (κ2) is 4.14. The monoisotopic (exact) mass is 221 g/mol. The van der Waals surface area contributed by atoms with Crippen LogP contribution in [0, 0.1) is 0 Å². The van der Waals surface area contributed by atoms with Gasteiger partial charge >= 0.3 is 5.97 Å². The third kappa shape index (κ3) is 1.65. The molecule has 2 N–H and O–H groups in total. The Kier molecular flexibility index (Phi) is 2.83. The topological polar surface area (TPSA) is 61.5 Å². The molecule has 86 valence electrons. The molecule has 4 heteroatoms. The molecule has 1 unspecified atom stereocenters. The number of fused-ring (bicyclic) bond motifs is 1. The summed E-state index contributed by atoms with van der Waals surface area (Å²) < 4.78 is 10.0. The van der Waals surface area contributed by atoms with Crippen molar-refractivity contribution in [2.45, 2.75) is 18.9 Å². The lowest BCUT2D eigenvalue weighted by molar-refractivity contribution is 0.0597. The Hall–Kier alpha value is -1.55. The summed E-state index contributed by atoms with van der Waals surface area (Å²) in [5, 5.41) is 0. The van der Waals surface area contributed by atoms with Gasteiger partial charge in [-0.05, 0) is 30.0 Å². The molecule has 0 saturated carbocycles. The summed E-state index contributed by atoms with van der Waals surface area (Å²) in [5.41, 5.74) is 8.57. The van der Waals surface area contributed by atoms with Gasteiger partial charge in [0, 0.05) is 6.04 Å². The van der Waals surface area contributed by atoms with Crippen LogP contribution in [0.25, 0.3) is 0 Å². The van der Waals surface area contributed by atoms with Gasteiger partial charge in [-0.1, -0.05) is 6.07 Å². The number of carbonyl (C=O) groups excluding carboxylic acids is 1. The number of ether oxygens (including phenoxy) is 2. The Morgan fingerprint density at radius 1 is 1.38 bits per heavy atom. The van der Waals surface area contributed by atoms with Crippen molar-refractivity contribution in [2.24, 2.45) is 5.73 Å². The van der Waals surface area contributed by atoms with Crippen molar-refractivity contribution < 1.29 is 14.3 Å². The number of esters is 1. The number of methoxy groups -OCH3 is 2. The van der Waals surface area contributed by atoms with Crippen LogP contribution in [0.4, 0.5) is 0 Å². The maximum Gasteiger partial charge on any atom is 0.341 e. The van der Waals surface area contributed by atoms with E-state index in [9.17, 15) is 4.79 Å². The molecule has 0 bridgehead atoms. The maximum atomic E-state index is 11.5. The van der Waals surface area contributed by atoms with Crippen molar-refractivity contribution in [1.82, 2.24) is 0 Å². The van der Waals surface area contributed by atoms with Crippen LogP contribution in [0.5, 0.6) is 5.75 Å². The van der Waals surface area contributed by atoms with Gasteiger partial charge in [0.25, 0.3) is 0 Å². The van der Waals surface area contributed by atoms with E-state index in [2.05, 4.69) is 0 Å². The molecule has 4 nitrogen and oxygen atoms in total. The van der Waals surface area contributed by atoms with Crippen LogP contribution < -0.4 is 10.5 Å². The molecule has 0 saturated heterocycles. The molecule has 0 spiro atoms. The Bertz CT molecular complexity index is 429. The van der Waals surface area contributed by atoms with Gasteiger partial charge in [0.2, 0.25) is 0 Å². The largest absolute Gasteiger partial charge is 0.496 e. The molecule has 0 heterocycles. The minimum atomic E-state index is -0.375. The number of carbonyl (C=O) groups is 1. The highest BCUT2D eigenvalue weighted by Crippen LogP contribution is 2.33. The summed E-state index contributed by atoms with van der Waals surface area (Å²) in [6, 6.07) is 3.79. The Morgan fingerprint density at radius 2 is 2.12 bits per heavy atom. The molecule has 0 aromatic heterocycles. The molecule has 2 rings (SSSR count). The summed E-state index contributed by atoms with van der Waals surface area (Å²) in [6.07, 6.45) is 1.59. The van der Waals surface area contributed by atoms with E-state index in [4.69, 9.17) is 15.2 Å². The van der Waals surface area contributed by atoms with E-state index >= 15 is 0 Å². The van der Waals surface area contributed by atoms with Crippen molar-refractivity contribution in [2.75, 3.05) is 14.2 Å². The van der Waals surface area contributed by atoms with Crippen molar-refractivity contribution in [3.8, 4) is 5.75 Å². The predicted molar refractivity (Wildman–Crippen MR) is 59.7 cm³/mol. The fraction of sp³-hybridized carbons (Fsp3) is 0.417. The summed E-state index contributed by atoms with van der Waals surface area (Å²) in [6.45, 7) is 0. The summed E-state index contributed by atoms with van der Waals surface area (Å²) >= 11 is 0. The third-order valence-corrected chi connectivity index (χ3v) is 2.92. The molecule has 0 amide bonds. The number of nitrogens with two attached hydrogens (primary N) is 1. The van der Waals surface area contributed by atoms with Crippen LogP contribution >= 0.6 is 0 Å². The Balaban J connectivity index is 2.51. The van der Waals surface area contributed by atoms with Gasteiger partial charge in [-0.25, -0.2) is 4.79 Å². The van der Waals surface area contributed by atoms with Crippen LogP contribution in [0.3, 0.4) is 0 Å². The van der Waals surface area contributed by atoms with Crippen LogP contribution in [0.15, 0.2) is 12.1 Å². The molecule has 0 fully saturated rings. The zero-order chi connectivity index (χ0) is 11.7. The van der Waals surface area contributed by atoms with Gasteiger partial charge in [0.15, 0.2) is 0 Å². The minimum absolute atomic E-state index is 0.122. The van der Waals surface area contributed by atoms with Crippen LogP contribution in [-0.2, 0) is 17.6 Å². The predicted octanol–water partition coefficient (Wildman–Crippen LogP) is 0.908. The van der Waals surface area contributed by atoms with E-state index in [-0.39, 0.29) is 12.0 Å².